The Balaban J connectivity index is 1.58. The van der Waals surface area contributed by atoms with Crippen LogP contribution in [-0.2, 0) is 0 Å². The van der Waals surface area contributed by atoms with E-state index in [1.54, 1.807) is 27.9 Å². The van der Waals surface area contributed by atoms with Crippen molar-refractivity contribution in [2.75, 3.05) is 0 Å². The zero-order valence-corrected chi connectivity index (χ0v) is 23.1. The fraction of sp³-hybridized carbons (Fsp3) is 0.405. The summed E-state index contributed by atoms with van der Waals surface area (Å²) in [6.07, 6.45) is 26.6. The first-order valence-corrected chi connectivity index (χ1v) is 14.8. The van der Waals surface area contributed by atoms with Crippen molar-refractivity contribution in [1.82, 2.24) is 0 Å². The van der Waals surface area contributed by atoms with Crippen LogP contribution in [0.1, 0.15) is 120 Å². The van der Waals surface area contributed by atoms with Gasteiger partial charge in [0, 0.05) is 0 Å². The molecule has 0 amide bonds. The lowest BCUT2D eigenvalue weighted by molar-refractivity contribution is 0.602. The van der Waals surface area contributed by atoms with Crippen LogP contribution < -0.4 is 0 Å². The second-order valence-corrected chi connectivity index (χ2v) is 11.6. The third-order valence-corrected chi connectivity index (χ3v) is 8.39. The Morgan fingerprint density at radius 3 is 1.89 bits per heavy atom. The molecule has 0 heterocycles. The summed E-state index contributed by atoms with van der Waals surface area (Å²) >= 11 is 0. The van der Waals surface area contributed by atoms with Gasteiger partial charge in [-0.25, -0.2) is 0 Å². The molecule has 0 N–H and O–H groups in total. The van der Waals surface area contributed by atoms with Crippen LogP contribution in [-0.4, -0.2) is 0 Å². The number of allylic oxidation sites excluding steroid dienone is 6. The maximum absolute atomic E-state index is 2.55. The lowest BCUT2D eigenvalue weighted by atomic mass is 9.87. The minimum absolute atomic E-state index is 1.20. The molecule has 0 bridgehead atoms. The van der Waals surface area contributed by atoms with Crippen LogP contribution in [0, 0.1) is 0 Å². The molecule has 37 heavy (non-hydrogen) atoms. The lowest BCUT2D eigenvalue weighted by Crippen LogP contribution is -1.99. The van der Waals surface area contributed by atoms with E-state index in [4.69, 9.17) is 0 Å². The first kappa shape index (κ1) is 25.8. The summed E-state index contributed by atoms with van der Waals surface area (Å²) in [6.45, 7) is 4.66. The summed E-state index contributed by atoms with van der Waals surface area (Å²) in [5.74, 6) is 0. The van der Waals surface area contributed by atoms with Crippen LogP contribution >= 0.6 is 0 Å². The molecule has 0 atom stereocenters. The number of rotatable bonds is 4. The van der Waals surface area contributed by atoms with E-state index < -0.39 is 0 Å². The highest BCUT2D eigenvalue weighted by Crippen LogP contribution is 2.41. The maximum Gasteiger partial charge on any atom is -0.0201 e. The monoisotopic (exact) mass is 488 g/mol. The summed E-state index contributed by atoms with van der Waals surface area (Å²) in [5, 5.41) is 0. The standard InChI is InChI=1S/C37H44/c1-28(2)36-20-12-11-19-35(37(36)34-17-9-10-18-34)27-33-25-31(22-21-29-13-5-3-6-14-29)24-32(26-33)23-30-15-7-4-8-16-30/h3,5-6,13-14,21-27H,4,7-12,15-20H2,1-2H3. The van der Waals surface area contributed by atoms with E-state index in [1.165, 1.54) is 111 Å². The number of hydrogen-bond donors (Lipinski definition) is 0. The SMILES string of the molecule is CC(C)=C1CCCCC(=Cc2cc(C=Cc3ccccc3)cc(C=C3CCCCC3)c2)C1=C1CCCC1. The Kier molecular flexibility index (Phi) is 8.77. The Morgan fingerprint density at radius 2 is 1.16 bits per heavy atom. The minimum atomic E-state index is 1.20. The molecule has 192 valence electrons. The van der Waals surface area contributed by atoms with E-state index in [-0.39, 0.29) is 0 Å². The highest BCUT2D eigenvalue weighted by molar-refractivity contribution is 5.75. The van der Waals surface area contributed by atoms with Gasteiger partial charge in [0.1, 0.15) is 0 Å². The van der Waals surface area contributed by atoms with Gasteiger partial charge in [0.25, 0.3) is 0 Å². The van der Waals surface area contributed by atoms with Crippen LogP contribution in [0.15, 0.2) is 82.0 Å². The van der Waals surface area contributed by atoms with Crippen LogP contribution in [0.4, 0.5) is 0 Å². The molecule has 3 fully saturated rings. The molecular formula is C37H44. The molecule has 0 nitrogen and oxygen atoms in total. The Labute approximate surface area is 225 Å². The molecule has 0 heteroatoms. The van der Waals surface area contributed by atoms with E-state index in [1.807, 2.05) is 0 Å². The van der Waals surface area contributed by atoms with E-state index in [2.05, 4.69) is 86.7 Å². The molecule has 0 aliphatic heterocycles. The first-order valence-electron chi connectivity index (χ1n) is 14.8. The van der Waals surface area contributed by atoms with Crippen molar-refractivity contribution in [3.63, 3.8) is 0 Å². The maximum atomic E-state index is 2.55. The molecule has 5 rings (SSSR count). The van der Waals surface area contributed by atoms with Crippen molar-refractivity contribution in [3.8, 4) is 0 Å². The molecule has 2 aromatic rings. The Morgan fingerprint density at radius 1 is 0.568 bits per heavy atom. The van der Waals surface area contributed by atoms with Gasteiger partial charge < -0.3 is 0 Å². The molecule has 2 aromatic carbocycles. The first-order chi connectivity index (χ1) is 18.2. The summed E-state index contributed by atoms with van der Waals surface area (Å²) in [7, 11) is 0. The number of benzene rings is 2. The predicted molar refractivity (Wildman–Crippen MR) is 163 cm³/mol. The molecule has 0 saturated heterocycles. The molecule has 3 aliphatic carbocycles. The molecule has 3 saturated carbocycles. The second kappa shape index (κ2) is 12.6. The zero-order valence-electron chi connectivity index (χ0n) is 23.1. The molecule has 0 aromatic heterocycles. The molecular weight excluding hydrogens is 444 g/mol. The van der Waals surface area contributed by atoms with Crippen molar-refractivity contribution in [2.24, 2.45) is 0 Å². The van der Waals surface area contributed by atoms with Gasteiger partial charge in [-0.05, 0) is 148 Å². The summed E-state index contributed by atoms with van der Waals surface area (Å²) in [4.78, 5) is 0. The third-order valence-electron chi connectivity index (χ3n) is 8.39. The summed E-state index contributed by atoms with van der Waals surface area (Å²) < 4.78 is 0. The van der Waals surface area contributed by atoms with Crippen LogP contribution in [0.5, 0.6) is 0 Å². The van der Waals surface area contributed by atoms with Gasteiger partial charge in [-0.15, -0.1) is 0 Å². The molecule has 0 spiro atoms. The zero-order chi connectivity index (χ0) is 25.5. The van der Waals surface area contributed by atoms with E-state index >= 15 is 0 Å². The Hall–Kier alpha value is -2.86. The molecule has 3 aliphatic rings. The van der Waals surface area contributed by atoms with Crippen molar-refractivity contribution in [2.45, 2.75) is 97.3 Å². The van der Waals surface area contributed by atoms with Crippen LogP contribution in [0.25, 0.3) is 24.3 Å². The molecule has 0 unspecified atom stereocenters. The van der Waals surface area contributed by atoms with Gasteiger partial charge in [-0.1, -0.05) is 77.8 Å². The van der Waals surface area contributed by atoms with Crippen LogP contribution in [0.2, 0.25) is 0 Å². The average molecular weight is 489 g/mol. The minimum Gasteiger partial charge on any atom is -0.0726 e. The van der Waals surface area contributed by atoms with Crippen LogP contribution in [0.3, 0.4) is 0 Å². The smallest absolute Gasteiger partial charge is 0.0201 e. The summed E-state index contributed by atoms with van der Waals surface area (Å²) in [6, 6.07) is 17.9. The third kappa shape index (κ3) is 6.92. The lowest BCUT2D eigenvalue weighted by Gasteiger charge is -2.18. The average Bonchev–Trinajstić information content (AvgIpc) is 3.36. The van der Waals surface area contributed by atoms with E-state index in [0.717, 1.165) is 0 Å². The quantitative estimate of drug-likeness (QED) is 0.296. The van der Waals surface area contributed by atoms with Gasteiger partial charge >= 0.3 is 0 Å². The van der Waals surface area contributed by atoms with Crippen molar-refractivity contribution < 1.29 is 0 Å². The normalized spacial score (nSPS) is 20.1. The highest BCUT2D eigenvalue weighted by Gasteiger charge is 2.22. The van der Waals surface area contributed by atoms with Crippen molar-refractivity contribution in [1.29, 1.82) is 0 Å². The largest absolute Gasteiger partial charge is 0.0726 e. The predicted octanol–water partition coefficient (Wildman–Crippen LogP) is 11.4. The fourth-order valence-electron chi connectivity index (χ4n) is 6.51. The summed E-state index contributed by atoms with van der Waals surface area (Å²) in [5.41, 5.74) is 15.0. The topological polar surface area (TPSA) is 0 Å². The van der Waals surface area contributed by atoms with Gasteiger partial charge in [-0.2, -0.15) is 0 Å². The van der Waals surface area contributed by atoms with E-state index in [0.29, 0.717) is 0 Å². The highest BCUT2D eigenvalue weighted by atomic mass is 14.3. The van der Waals surface area contributed by atoms with Gasteiger partial charge in [0.2, 0.25) is 0 Å². The van der Waals surface area contributed by atoms with Crippen molar-refractivity contribution >= 4 is 24.3 Å². The van der Waals surface area contributed by atoms with Crippen molar-refractivity contribution in [3.05, 3.63) is 104 Å². The fourth-order valence-corrected chi connectivity index (χ4v) is 6.51. The molecule has 0 radical (unpaired) electrons. The second-order valence-electron chi connectivity index (χ2n) is 11.6. The van der Waals surface area contributed by atoms with Gasteiger partial charge in [0.05, 0.1) is 0 Å². The number of hydrogen-bond acceptors (Lipinski definition) is 0. The van der Waals surface area contributed by atoms with E-state index in [9.17, 15) is 0 Å². The van der Waals surface area contributed by atoms with Gasteiger partial charge in [-0.3, -0.25) is 0 Å². The Bertz CT molecular complexity index is 1220. The van der Waals surface area contributed by atoms with Gasteiger partial charge in [0.15, 0.2) is 0 Å².